The lowest BCUT2D eigenvalue weighted by atomic mass is 10.1. The van der Waals surface area contributed by atoms with Crippen molar-refractivity contribution in [3.05, 3.63) is 64.2 Å². The van der Waals surface area contributed by atoms with Gasteiger partial charge < -0.3 is 9.47 Å². The molecule has 0 saturated carbocycles. The Bertz CT molecular complexity index is 669. The molecular weight excluding hydrogens is 274 g/mol. The van der Waals surface area contributed by atoms with E-state index in [1.165, 1.54) is 25.3 Å². The first kappa shape index (κ1) is 14.5. The molecule has 0 radical (unpaired) electrons. The van der Waals surface area contributed by atoms with Gasteiger partial charge in [-0.15, -0.1) is 0 Å². The first-order valence-corrected chi connectivity index (χ1v) is 6.14. The predicted molar refractivity (Wildman–Crippen MR) is 75.9 cm³/mol. The summed E-state index contributed by atoms with van der Waals surface area (Å²) in [5, 5.41) is 10.7. The Hall–Kier alpha value is -2.89. The van der Waals surface area contributed by atoms with Crippen LogP contribution in [0.1, 0.15) is 10.4 Å². The molecule has 0 amide bonds. The average molecular weight is 287 g/mol. The number of nitrogens with zero attached hydrogens (tertiary/aromatic N) is 1. The normalized spacial score (nSPS) is 9.95. The molecule has 0 fully saturated rings. The number of ether oxygens (including phenoxy) is 2. The van der Waals surface area contributed by atoms with Crippen LogP contribution in [0, 0.1) is 10.1 Å². The number of carbonyl (C=O) groups is 1. The monoisotopic (exact) mass is 287 g/mol. The van der Waals surface area contributed by atoms with Crippen molar-refractivity contribution in [3.8, 4) is 11.5 Å². The van der Waals surface area contributed by atoms with Crippen molar-refractivity contribution in [1.82, 2.24) is 0 Å². The van der Waals surface area contributed by atoms with Gasteiger partial charge in [-0.25, -0.2) is 0 Å². The summed E-state index contributed by atoms with van der Waals surface area (Å²) >= 11 is 0. The number of rotatable bonds is 6. The highest BCUT2D eigenvalue weighted by atomic mass is 16.6. The van der Waals surface area contributed by atoms with Gasteiger partial charge in [0.05, 0.1) is 18.1 Å². The zero-order valence-corrected chi connectivity index (χ0v) is 11.3. The first-order chi connectivity index (χ1) is 10.1. The number of hydrogen-bond acceptors (Lipinski definition) is 5. The fourth-order valence-electron chi connectivity index (χ4n) is 1.72. The maximum atomic E-state index is 12.0. The Labute approximate surface area is 121 Å². The standard InChI is InChI=1S/C15H13NO5/c1-20-13-6-2-4-11(8-13)15(17)10-21-14-7-3-5-12(9-14)16(18)19/h2-9H,10H2,1H3. The summed E-state index contributed by atoms with van der Waals surface area (Å²) in [6.45, 7) is -0.200. The van der Waals surface area contributed by atoms with Crippen LogP contribution >= 0.6 is 0 Å². The molecule has 0 aliphatic heterocycles. The highest BCUT2D eigenvalue weighted by molar-refractivity contribution is 5.97. The lowest BCUT2D eigenvalue weighted by Gasteiger charge is -2.06. The van der Waals surface area contributed by atoms with Crippen LogP contribution in [-0.2, 0) is 0 Å². The van der Waals surface area contributed by atoms with E-state index in [4.69, 9.17) is 9.47 Å². The zero-order chi connectivity index (χ0) is 15.2. The Kier molecular flexibility index (Phi) is 4.50. The van der Waals surface area contributed by atoms with Crippen LogP contribution in [0.25, 0.3) is 0 Å². The Morgan fingerprint density at radius 1 is 1.14 bits per heavy atom. The molecule has 0 saturated heterocycles. The van der Waals surface area contributed by atoms with Gasteiger partial charge in [-0.3, -0.25) is 14.9 Å². The number of hydrogen-bond donors (Lipinski definition) is 0. The van der Waals surface area contributed by atoms with Crippen molar-refractivity contribution in [1.29, 1.82) is 0 Å². The van der Waals surface area contributed by atoms with Gasteiger partial charge in [-0.1, -0.05) is 18.2 Å². The quantitative estimate of drug-likeness (QED) is 0.463. The molecule has 0 aliphatic carbocycles. The second-order valence-corrected chi connectivity index (χ2v) is 4.20. The van der Waals surface area contributed by atoms with Crippen molar-refractivity contribution < 1.29 is 19.2 Å². The fourth-order valence-corrected chi connectivity index (χ4v) is 1.72. The summed E-state index contributed by atoms with van der Waals surface area (Å²) in [6, 6.07) is 12.4. The average Bonchev–Trinajstić information content (AvgIpc) is 2.53. The molecule has 2 rings (SSSR count). The van der Waals surface area contributed by atoms with Crippen molar-refractivity contribution in [2.45, 2.75) is 0 Å². The Balaban J connectivity index is 2.03. The van der Waals surface area contributed by atoms with E-state index in [9.17, 15) is 14.9 Å². The molecule has 21 heavy (non-hydrogen) atoms. The van der Waals surface area contributed by atoms with Gasteiger partial charge >= 0.3 is 0 Å². The maximum Gasteiger partial charge on any atom is 0.273 e. The number of ketones is 1. The molecular formula is C15H13NO5. The van der Waals surface area contributed by atoms with Crippen LogP contribution in [0.4, 0.5) is 5.69 Å². The molecule has 108 valence electrons. The van der Waals surface area contributed by atoms with E-state index in [2.05, 4.69) is 0 Å². The van der Waals surface area contributed by atoms with Crippen LogP contribution in [0.5, 0.6) is 11.5 Å². The van der Waals surface area contributed by atoms with Crippen LogP contribution in [-0.4, -0.2) is 24.4 Å². The predicted octanol–water partition coefficient (Wildman–Crippen LogP) is 2.87. The van der Waals surface area contributed by atoms with Gasteiger partial charge in [0.15, 0.2) is 12.4 Å². The van der Waals surface area contributed by atoms with Crippen molar-refractivity contribution in [2.75, 3.05) is 13.7 Å². The summed E-state index contributed by atoms with van der Waals surface area (Å²) in [5.41, 5.74) is 0.376. The third-order valence-electron chi connectivity index (χ3n) is 2.79. The van der Waals surface area contributed by atoms with E-state index in [1.807, 2.05) is 0 Å². The molecule has 6 nitrogen and oxygen atoms in total. The number of non-ortho nitro benzene ring substituents is 1. The van der Waals surface area contributed by atoms with Gasteiger partial charge in [0.25, 0.3) is 5.69 Å². The van der Waals surface area contributed by atoms with E-state index >= 15 is 0 Å². The number of carbonyl (C=O) groups excluding carboxylic acids is 1. The smallest absolute Gasteiger partial charge is 0.273 e. The maximum absolute atomic E-state index is 12.0. The van der Waals surface area contributed by atoms with Gasteiger partial charge in [-0.2, -0.15) is 0 Å². The topological polar surface area (TPSA) is 78.7 Å². The van der Waals surface area contributed by atoms with E-state index in [1.54, 1.807) is 30.3 Å². The molecule has 0 aromatic heterocycles. The van der Waals surface area contributed by atoms with E-state index in [-0.39, 0.29) is 23.8 Å². The van der Waals surface area contributed by atoms with Gasteiger partial charge in [0.1, 0.15) is 11.5 Å². The van der Waals surface area contributed by atoms with E-state index in [0.717, 1.165) is 0 Å². The molecule has 0 heterocycles. The zero-order valence-electron chi connectivity index (χ0n) is 11.3. The molecule has 0 aliphatic rings. The third kappa shape index (κ3) is 3.79. The molecule has 0 unspecified atom stereocenters. The van der Waals surface area contributed by atoms with Crippen LogP contribution in [0.2, 0.25) is 0 Å². The molecule has 0 N–H and O–H groups in total. The second kappa shape index (κ2) is 6.51. The number of methoxy groups -OCH3 is 1. The lowest BCUT2D eigenvalue weighted by Crippen LogP contribution is -2.11. The van der Waals surface area contributed by atoms with Gasteiger partial charge in [0, 0.05) is 11.6 Å². The highest BCUT2D eigenvalue weighted by Gasteiger charge is 2.10. The number of benzene rings is 2. The third-order valence-corrected chi connectivity index (χ3v) is 2.79. The summed E-state index contributed by atoms with van der Waals surface area (Å²) in [6.07, 6.45) is 0. The highest BCUT2D eigenvalue weighted by Crippen LogP contribution is 2.19. The minimum absolute atomic E-state index is 0.0821. The SMILES string of the molecule is COc1cccc(C(=O)COc2cccc([N+](=O)[O-])c2)c1. The largest absolute Gasteiger partial charge is 0.497 e. The van der Waals surface area contributed by atoms with Crippen LogP contribution < -0.4 is 9.47 Å². The summed E-state index contributed by atoms with van der Waals surface area (Å²) in [5.74, 6) is 0.622. The van der Waals surface area contributed by atoms with Crippen molar-refractivity contribution in [3.63, 3.8) is 0 Å². The minimum atomic E-state index is -0.517. The van der Waals surface area contributed by atoms with Crippen LogP contribution in [0.3, 0.4) is 0 Å². The number of Topliss-reactive ketones (excluding diaryl/α,β-unsaturated/α-hetero) is 1. The van der Waals surface area contributed by atoms with Crippen molar-refractivity contribution in [2.24, 2.45) is 0 Å². The summed E-state index contributed by atoms with van der Waals surface area (Å²) in [7, 11) is 1.52. The van der Waals surface area contributed by atoms with Gasteiger partial charge in [-0.05, 0) is 18.2 Å². The molecule has 6 heteroatoms. The van der Waals surface area contributed by atoms with Crippen molar-refractivity contribution >= 4 is 11.5 Å². The lowest BCUT2D eigenvalue weighted by molar-refractivity contribution is -0.384. The number of nitro benzene ring substituents is 1. The van der Waals surface area contributed by atoms with E-state index < -0.39 is 4.92 Å². The Morgan fingerprint density at radius 3 is 2.57 bits per heavy atom. The van der Waals surface area contributed by atoms with E-state index in [0.29, 0.717) is 11.3 Å². The second-order valence-electron chi connectivity index (χ2n) is 4.20. The molecule has 2 aromatic carbocycles. The van der Waals surface area contributed by atoms with Gasteiger partial charge in [0.2, 0.25) is 0 Å². The Morgan fingerprint density at radius 2 is 1.86 bits per heavy atom. The minimum Gasteiger partial charge on any atom is -0.497 e. The molecule has 0 bridgehead atoms. The molecule has 0 atom stereocenters. The number of nitro groups is 1. The molecule has 0 spiro atoms. The summed E-state index contributed by atoms with van der Waals surface area (Å²) in [4.78, 5) is 22.1. The summed E-state index contributed by atoms with van der Waals surface area (Å²) < 4.78 is 10.3. The fraction of sp³-hybridized carbons (Fsp3) is 0.133. The van der Waals surface area contributed by atoms with Crippen LogP contribution in [0.15, 0.2) is 48.5 Å². The molecule has 2 aromatic rings. The first-order valence-electron chi connectivity index (χ1n) is 6.14.